The molecule has 22 heavy (non-hydrogen) atoms. The fraction of sp³-hybridized carbons (Fsp3) is 0.125. The molecule has 0 radical (unpaired) electrons. The lowest BCUT2D eigenvalue weighted by Gasteiger charge is -2.04. The van der Waals surface area contributed by atoms with Gasteiger partial charge in [0.25, 0.3) is 0 Å². The average Bonchev–Trinajstić information content (AvgIpc) is 2.88. The number of aromatic nitrogens is 1. The third-order valence-electron chi connectivity index (χ3n) is 3.10. The van der Waals surface area contributed by atoms with Crippen molar-refractivity contribution in [2.75, 3.05) is 12.4 Å². The van der Waals surface area contributed by atoms with E-state index in [-0.39, 0.29) is 12.3 Å². The molecule has 0 fully saturated rings. The minimum Gasteiger partial charge on any atom is -0.497 e. The van der Waals surface area contributed by atoms with Crippen LogP contribution in [0.2, 0.25) is 5.02 Å². The van der Waals surface area contributed by atoms with Gasteiger partial charge in [-0.25, -0.2) is 4.98 Å². The molecule has 0 aliphatic heterocycles. The molecule has 0 saturated carbocycles. The van der Waals surface area contributed by atoms with E-state index in [1.807, 2.05) is 36.4 Å². The van der Waals surface area contributed by atoms with Gasteiger partial charge in [0.2, 0.25) is 5.91 Å². The number of carbonyl (C=O) groups excluding carboxylic acids is 1. The van der Waals surface area contributed by atoms with Gasteiger partial charge in [-0.2, -0.15) is 0 Å². The molecule has 0 unspecified atom stereocenters. The van der Waals surface area contributed by atoms with Crippen molar-refractivity contribution in [2.24, 2.45) is 0 Å². The normalized spacial score (nSPS) is 10.6. The van der Waals surface area contributed by atoms with E-state index >= 15 is 0 Å². The van der Waals surface area contributed by atoms with Gasteiger partial charge in [-0.3, -0.25) is 4.79 Å². The van der Waals surface area contributed by atoms with E-state index < -0.39 is 0 Å². The van der Waals surface area contributed by atoms with Crippen molar-refractivity contribution in [1.82, 2.24) is 4.98 Å². The highest BCUT2D eigenvalue weighted by atomic mass is 35.5. The molecule has 0 bridgehead atoms. The van der Waals surface area contributed by atoms with E-state index in [0.717, 1.165) is 21.5 Å². The summed E-state index contributed by atoms with van der Waals surface area (Å²) in [5, 5.41) is 4.05. The first-order valence-corrected chi connectivity index (χ1v) is 7.82. The van der Waals surface area contributed by atoms with Crippen LogP contribution in [0, 0.1) is 0 Å². The summed E-state index contributed by atoms with van der Waals surface area (Å²) in [6.45, 7) is 0. The van der Waals surface area contributed by atoms with Crippen LogP contribution in [0.4, 0.5) is 5.13 Å². The average molecular weight is 333 g/mol. The lowest BCUT2D eigenvalue weighted by Crippen LogP contribution is -2.14. The van der Waals surface area contributed by atoms with E-state index in [1.54, 1.807) is 13.2 Å². The van der Waals surface area contributed by atoms with Crippen LogP contribution < -0.4 is 10.1 Å². The van der Waals surface area contributed by atoms with Crippen molar-refractivity contribution in [1.29, 1.82) is 0 Å². The number of nitrogens with zero attached hydrogens (tertiary/aromatic N) is 1. The molecule has 3 aromatic rings. The summed E-state index contributed by atoms with van der Waals surface area (Å²) in [6.07, 6.45) is 0.272. The number of anilines is 1. The summed E-state index contributed by atoms with van der Waals surface area (Å²) in [5.41, 5.74) is 1.71. The van der Waals surface area contributed by atoms with Gasteiger partial charge in [-0.05, 0) is 35.9 Å². The number of hydrogen-bond acceptors (Lipinski definition) is 4. The summed E-state index contributed by atoms with van der Waals surface area (Å²) >= 11 is 7.36. The van der Waals surface area contributed by atoms with Crippen LogP contribution in [-0.4, -0.2) is 18.0 Å². The molecule has 0 saturated heterocycles. The van der Waals surface area contributed by atoms with Crippen LogP contribution in [0.3, 0.4) is 0 Å². The molecular weight excluding hydrogens is 320 g/mol. The number of ether oxygens (including phenoxy) is 1. The van der Waals surface area contributed by atoms with Crippen LogP contribution in [0.1, 0.15) is 5.56 Å². The maximum Gasteiger partial charge on any atom is 0.230 e. The number of thiazole rings is 1. The van der Waals surface area contributed by atoms with Crippen molar-refractivity contribution < 1.29 is 9.53 Å². The fourth-order valence-electron chi connectivity index (χ4n) is 2.08. The van der Waals surface area contributed by atoms with E-state index in [4.69, 9.17) is 16.3 Å². The molecule has 1 aromatic heterocycles. The van der Waals surface area contributed by atoms with Crippen LogP contribution in [0.15, 0.2) is 42.5 Å². The van der Waals surface area contributed by atoms with Gasteiger partial charge in [-0.1, -0.05) is 35.1 Å². The maximum atomic E-state index is 12.1. The molecule has 6 heteroatoms. The molecule has 1 heterocycles. The summed E-state index contributed by atoms with van der Waals surface area (Å²) < 4.78 is 6.10. The zero-order valence-electron chi connectivity index (χ0n) is 11.8. The highest BCUT2D eigenvalue weighted by molar-refractivity contribution is 7.22. The van der Waals surface area contributed by atoms with Crippen molar-refractivity contribution in [3.05, 3.63) is 53.1 Å². The molecule has 4 nitrogen and oxygen atoms in total. The van der Waals surface area contributed by atoms with Crippen molar-refractivity contribution in [3.8, 4) is 5.75 Å². The Morgan fingerprint density at radius 2 is 2.18 bits per heavy atom. The second-order valence-corrected chi connectivity index (χ2v) is 6.17. The number of carbonyl (C=O) groups is 1. The van der Waals surface area contributed by atoms with Crippen molar-refractivity contribution in [3.63, 3.8) is 0 Å². The van der Waals surface area contributed by atoms with Crippen molar-refractivity contribution in [2.45, 2.75) is 6.42 Å². The summed E-state index contributed by atoms with van der Waals surface area (Å²) in [4.78, 5) is 16.5. The predicted molar refractivity (Wildman–Crippen MR) is 90.0 cm³/mol. The number of amides is 1. The number of benzene rings is 2. The Kier molecular flexibility index (Phi) is 4.27. The predicted octanol–water partition coefficient (Wildman–Crippen LogP) is 4.14. The van der Waals surface area contributed by atoms with E-state index in [0.29, 0.717) is 10.2 Å². The number of hydrogen-bond donors (Lipinski definition) is 1. The molecule has 3 rings (SSSR count). The third kappa shape index (κ3) is 3.37. The number of halogens is 1. The molecular formula is C16H13ClN2O2S. The molecule has 0 atom stereocenters. The smallest absolute Gasteiger partial charge is 0.230 e. The second-order valence-electron chi connectivity index (χ2n) is 4.71. The molecule has 1 amide bonds. The molecule has 0 aliphatic rings. The van der Waals surface area contributed by atoms with E-state index in [1.165, 1.54) is 11.3 Å². The Bertz CT molecular complexity index is 832. The van der Waals surface area contributed by atoms with E-state index in [9.17, 15) is 4.79 Å². The number of rotatable bonds is 4. The molecule has 112 valence electrons. The van der Waals surface area contributed by atoms with Crippen LogP contribution in [-0.2, 0) is 11.2 Å². The highest BCUT2D eigenvalue weighted by Gasteiger charge is 2.09. The van der Waals surface area contributed by atoms with Gasteiger partial charge < -0.3 is 10.1 Å². The van der Waals surface area contributed by atoms with Crippen LogP contribution in [0.25, 0.3) is 10.2 Å². The summed E-state index contributed by atoms with van der Waals surface area (Å²) in [7, 11) is 1.60. The third-order valence-corrected chi connectivity index (χ3v) is 4.26. The first-order valence-electron chi connectivity index (χ1n) is 6.63. The summed E-state index contributed by atoms with van der Waals surface area (Å²) in [5.74, 6) is 0.623. The van der Waals surface area contributed by atoms with Gasteiger partial charge in [-0.15, -0.1) is 0 Å². The molecule has 2 aromatic carbocycles. The fourth-order valence-corrected chi connectivity index (χ4v) is 3.24. The molecule has 1 N–H and O–H groups in total. The quantitative estimate of drug-likeness (QED) is 0.781. The standard InChI is InChI=1S/C16H13ClN2O2S/c1-21-12-4-2-3-10(7-12)8-15(20)19-16-18-13-6-5-11(17)9-14(13)22-16/h2-7,9H,8H2,1H3,(H,18,19,20). The van der Waals surface area contributed by atoms with Gasteiger partial charge in [0, 0.05) is 5.02 Å². The zero-order chi connectivity index (χ0) is 15.5. The maximum absolute atomic E-state index is 12.1. The number of fused-ring (bicyclic) bond motifs is 1. The van der Waals surface area contributed by atoms with Crippen LogP contribution in [0.5, 0.6) is 5.75 Å². The number of methoxy groups -OCH3 is 1. The Balaban J connectivity index is 1.72. The molecule has 0 spiro atoms. The van der Waals surface area contributed by atoms with Gasteiger partial charge >= 0.3 is 0 Å². The SMILES string of the molecule is COc1cccc(CC(=O)Nc2nc3ccc(Cl)cc3s2)c1. The second kappa shape index (κ2) is 6.34. The minimum atomic E-state index is -0.113. The largest absolute Gasteiger partial charge is 0.497 e. The van der Waals surface area contributed by atoms with Crippen molar-refractivity contribution >= 4 is 44.2 Å². The monoisotopic (exact) mass is 332 g/mol. The topological polar surface area (TPSA) is 51.2 Å². The van der Waals surface area contributed by atoms with Gasteiger partial charge in [0.05, 0.1) is 23.7 Å². The lowest BCUT2D eigenvalue weighted by atomic mass is 10.1. The Hall–Kier alpha value is -2.11. The first kappa shape index (κ1) is 14.8. The minimum absolute atomic E-state index is 0.113. The lowest BCUT2D eigenvalue weighted by molar-refractivity contribution is -0.115. The number of nitrogens with one attached hydrogen (secondary N) is 1. The Labute approximate surface area is 136 Å². The highest BCUT2D eigenvalue weighted by Crippen LogP contribution is 2.28. The van der Waals surface area contributed by atoms with E-state index in [2.05, 4.69) is 10.3 Å². The first-order chi connectivity index (χ1) is 10.6. The van der Waals surface area contributed by atoms with Gasteiger partial charge in [0.15, 0.2) is 5.13 Å². The Morgan fingerprint density at radius 1 is 1.32 bits per heavy atom. The van der Waals surface area contributed by atoms with Gasteiger partial charge in [0.1, 0.15) is 5.75 Å². The Morgan fingerprint density at radius 3 is 3.00 bits per heavy atom. The van der Waals surface area contributed by atoms with Crippen LogP contribution >= 0.6 is 22.9 Å². The zero-order valence-corrected chi connectivity index (χ0v) is 13.4. The summed E-state index contributed by atoms with van der Waals surface area (Å²) in [6, 6.07) is 12.9. The molecule has 0 aliphatic carbocycles.